The first kappa shape index (κ1) is 19.5. The topological polar surface area (TPSA) is 70.4 Å². The predicted octanol–water partition coefficient (Wildman–Crippen LogP) is 4.78. The summed E-state index contributed by atoms with van der Waals surface area (Å²) in [4.78, 5) is 28.6. The Bertz CT molecular complexity index is 1050. The zero-order valence-corrected chi connectivity index (χ0v) is 18.2. The zero-order chi connectivity index (χ0) is 21.2. The molecule has 154 valence electrons. The van der Waals surface area contributed by atoms with E-state index >= 15 is 0 Å². The molecule has 0 N–H and O–H groups in total. The minimum Gasteiger partial charge on any atom is -0.373 e. The second-order valence-corrected chi connectivity index (χ2v) is 9.81. The van der Waals surface area contributed by atoms with E-state index in [0.29, 0.717) is 16.5 Å². The number of hydrogen-bond donors (Lipinski definition) is 0. The van der Waals surface area contributed by atoms with Crippen LogP contribution in [0.5, 0.6) is 0 Å². The molecule has 5 rings (SSSR count). The van der Waals surface area contributed by atoms with E-state index in [-0.39, 0.29) is 35.9 Å². The molecule has 3 aliphatic heterocycles. The number of fused-ring (bicyclic) bond motifs is 5. The maximum atomic E-state index is 13.2. The number of benzene rings is 1. The van der Waals surface area contributed by atoms with Crippen LogP contribution >= 0.6 is 11.3 Å². The summed E-state index contributed by atoms with van der Waals surface area (Å²) in [6.45, 7) is 6.31. The maximum absolute atomic E-state index is 13.2. The van der Waals surface area contributed by atoms with Crippen molar-refractivity contribution in [2.75, 3.05) is 4.90 Å². The Balaban J connectivity index is 1.55. The summed E-state index contributed by atoms with van der Waals surface area (Å²) >= 11 is 1.36. The van der Waals surface area contributed by atoms with Crippen LogP contribution < -0.4 is 4.90 Å². The molecular weight excluding hydrogens is 396 g/mol. The van der Waals surface area contributed by atoms with Crippen LogP contribution in [0.3, 0.4) is 0 Å². The summed E-state index contributed by atoms with van der Waals surface area (Å²) < 4.78 is 5.83. The Hall–Kier alpha value is -2.49. The summed E-state index contributed by atoms with van der Waals surface area (Å²) in [5.74, 6) is -0.695. The van der Waals surface area contributed by atoms with Crippen molar-refractivity contribution in [3.8, 4) is 17.2 Å². The highest BCUT2D eigenvalue weighted by Gasteiger charge is 2.63. The Morgan fingerprint density at radius 3 is 2.30 bits per heavy atom. The van der Waals surface area contributed by atoms with E-state index in [4.69, 9.17) is 4.74 Å². The smallest absolute Gasteiger partial charge is 0.241 e. The number of amides is 2. The number of carbonyl (C=O) groups excluding carboxylic acids is 2. The van der Waals surface area contributed by atoms with Crippen molar-refractivity contribution in [1.82, 2.24) is 0 Å². The number of rotatable bonds is 4. The van der Waals surface area contributed by atoms with Crippen LogP contribution in [0.1, 0.15) is 55.0 Å². The number of imide groups is 1. The van der Waals surface area contributed by atoms with Crippen LogP contribution in [-0.4, -0.2) is 24.0 Å². The van der Waals surface area contributed by atoms with Gasteiger partial charge in [-0.3, -0.25) is 9.59 Å². The first-order valence-corrected chi connectivity index (χ1v) is 11.4. The van der Waals surface area contributed by atoms with Crippen molar-refractivity contribution in [2.45, 2.75) is 58.2 Å². The monoisotopic (exact) mass is 420 g/mol. The number of anilines is 1. The number of nitrogens with zero attached hydrogens (tertiary/aromatic N) is 2. The summed E-state index contributed by atoms with van der Waals surface area (Å²) in [6.07, 6.45) is 2.43. The largest absolute Gasteiger partial charge is 0.373 e. The van der Waals surface area contributed by atoms with Crippen LogP contribution in [0.2, 0.25) is 0 Å². The van der Waals surface area contributed by atoms with Gasteiger partial charge in [0.05, 0.1) is 29.6 Å². The molecule has 0 radical (unpaired) electrons. The second kappa shape index (κ2) is 7.04. The van der Waals surface area contributed by atoms with E-state index in [2.05, 4.69) is 32.0 Å². The molecule has 6 heteroatoms. The van der Waals surface area contributed by atoms with Crippen LogP contribution in [0, 0.1) is 30.1 Å². The van der Waals surface area contributed by atoms with E-state index in [9.17, 15) is 14.9 Å². The molecule has 3 fully saturated rings. The highest BCUT2D eigenvalue weighted by Crippen LogP contribution is 2.52. The molecule has 3 aliphatic rings. The number of aryl methyl sites for hydroxylation is 1. The van der Waals surface area contributed by atoms with Gasteiger partial charge in [0.2, 0.25) is 11.8 Å². The molecule has 5 atom stereocenters. The lowest BCUT2D eigenvalue weighted by Crippen LogP contribution is -2.34. The Morgan fingerprint density at radius 2 is 1.77 bits per heavy atom. The number of carbonyl (C=O) groups is 2. The molecule has 1 aromatic heterocycles. The molecule has 0 spiro atoms. The normalized spacial score (nSPS) is 28.1. The summed E-state index contributed by atoms with van der Waals surface area (Å²) in [7, 11) is 0. The standard InChI is InChI=1S/C24H24N2O3S/c1-4-12(2)14-5-7-15(8-6-14)19-13(3)30-24(16(19)11-25)26-22(27)20-17-9-10-18(29-17)21(20)23(26)28/h5-8,12,17-18,20-21H,4,9-10H2,1-3H3/t12-,17+,18+,20+,21+/m0/s1. The molecule has 4 heterocycles. The third-order valence-corrected chi connectivity index (χ3v) is 8.14. The first-order chi connectivity index (χ1) is 14.5. The SMILES string of the molecule is CC[C@H](C)c1ccc(-c2c(C)sc(N3C(=O)[C@H]4[C@H](C3=O)[C@H]3CC[C@H]4O3)c2C#N)cc1. The number of nitriles is 1. The molecule has 0 aliphatic carbocycles. The van der Waals surface area contributed by atoms with Gasteiger partial charge < -0.3 is 4.74 Å². The minimum atomic E-state index is -0.386. The van der Waals surface area contributed by atoms with Gasteiger partial charge >= 0.3 is 0 Å². The molecule has 0 saturated carbocycles. The molecular formula is C24H24N2O3S. The van der Waals surface area contributed by atoms with Gasteiger partial charge in [0.15, 0.2) is 0 Å². The molecule has 2 bridgehead atoms. The molecule has 1 aromatic carbocycles. The van der Waals surface area contributed by atoms with Crippen molar-refractivity contribution in [2.24, 2.45) is 11.8 Å². The van der Waals surface area contributed by atoms with E-state index in [1.807, 2.05) is 19.1 Å². The van der Waals surface area contributed by atoms with Crippen molar-refractivity contribution < 1.29 is 14.3 Å². The van der Waals surface area contributed by atoms with Gasteiger partial charge in [-0.05, 0) is 43.2 Å². The van der Waals surface area contributed by atoms with Crippen LogP contribution in [-0.2, 0) is 14.3 Å². The van der Waals surface area contributed by atoms with Crippen molar-refractivity contribution >= 4 is 28.2 Å². The van der Waals surface area contributed by atoms with E-state index in [1.54, 1.807) is 0 Å². The van der Waals surface area contributed by atoms with Gasteiger partial charge in [0, 0.05) is 10.4 Å². The highest BCUT2D eigenvalue weighted by molar-refractivity contribution is 7.17. The van der Waals surface area contributed by atoms with Crippen LogP contribution in [0.4, 0.5) is 5.00 Å². The number of thiophene rings is 1. The van der Waals surface area contributed by atoms with Crippen LogP contribution in [0.25, 0.3) is 11.1 Å². The van der Waals surface area contributed by atoms with Gasteiger partial charge in [-0.1, -0.05) is 38.1 Å². The quantitative estimate of drug-likeness (QED) is 0.668. The molecule has 30 heavy (non-hydrogen) atoms. The number of hydrogen-bond acceptors (Lipinski definition) is 5. The van der Waals surface area contributed by atoms with Crippen molar-refractivity contribution in [3.05, 3.63) is 40.3 Å². The maximum Gasteiger partial charge on any atom is 0.241 e. The fraction of sp³-hybridized carbons (Fsp3) is 0.458. The van der Waals surface area contributed by atoms with Gasteiger partial charge in [0.1, 0.15) is 11.1 Å². The average molecular weight is 421 g/mol. The van der Waals surface area contributed by atoms with E-state index in [1.165, 1.54) is 21.8 Å². The fourth-order valence-electron chi connectivity index (χ4n) is 5.27. The summed E-state index contributed by atoms with van der Waals surface area (Å²) in [5.41, 5.74) is 3.45. The third kappa shape index (κ3) is 2.62. The van der Waals surface area contributed by atoms with E-state index < -0.39 is 0 Å². The van der Waals surface area contributed by atoms with Crippen molar-refractivity contribution in [1.29, 1.82) is 5.26 Å². The predicted molar refractivity (Wildman–Crippen MR) is 115 cm³/mol. The van der Waals surface area contributed by atoms with Crippen LogP contribution in [0.15, 0.2) is 24.3 Å². The number of ether oxygens (including phenoxy) is 1. The Morgan fingerprint density at radius 1 is 1.17 bits per heavy atom. The Labute approximate surface area is 180 Å². The molecule has 0 unspecified atom stereocenters. The highest BCUT2D eigenvalue weighted by atomic mass is 32.1. The molecule has 5 nitrogen and oxygen atoms in total. The van der Waals surface area contributed by atoms with Crippen molar-refractivity contribution in [3.63, 3.8) is 0 Å². The van der Waals surface area contributed by atoms with Gasteiger partial charge in [0.25, 0.3) is 0 Å². The third-order valence-electron chi connectivity index (χ3n) is 7.05. The summed E-state index contributed by atoms with van der Waals surface area (Å²) in [6, 6.07) is 10.6. The van der Waals surface area contributed by atoms with Gasteiger partial charge in [-0.25, -0.2) is 4.90 Å². The second-order valence-electron chi connectivity index (χ2n) is 8.61. The zero-order valence-electron chi connectivity index (χ0n) is 17.3. The molecule has 2 amide bonds. The van der Waals surface area contributed by atoms with Gasteiger partial charge in [-0.15, -0.1) is 11.3 Å². The molecule has 2 aromatic rings. The Kier molecular flexibility index (Phi) is 4.57. The first-order valence-electron chi connectivity index (χ1n) is 10.6. The summed E-state index contributed by atoms with van der Waals surface area (Å²) in [5, 5.41) is 10.5. The molecule has 3 saturated heterocycles. The fourth-order valence-corrected chi connectivity index (χ4v) is 6.40. The van der Waals surface area contributed by atoms with E-state index in [0.717, 1.165) is 35.3 Å². The average Bonchev–Trinajstić information content (AvgIpc) is 3.50. The lowest BCUT2D eigenvalue weighted by molar-refractivity contribution is -0.124. The minimum absolute atomic E-state index is 0.152. The lowest BCUT2D eigenvalue weighted by atomic mass is 9.81. The lowest BCUT2D eigenvalue weighted by Gasteiger charge is -2.16. The van der Waals surface area contributed by atoms with Gasteiger partial charge in [-0.2, -0.15) is 5.26 Å².